The number of nitrogens with zero attached hydrogens (tertiary/aromatic N) is 4. The van der Waals surface area contributed by atoms with E-state index in [2.05, 4.69) is 31.2 Å². The Bertz CT molecular complexity index is 1810. The Morgan fingerprint density at radius 2 is 1.87 bits per heavy atom. The van der Waals surface area contributed by atoms with Gasteiger partial charge in [-0.05, 0) is 69.8 Å². The van der Waals surface area contributed by atoms with Crippen molar-refractivity contribution in [2.24, 2.45) is 5.41 Å². The molecule has 11 heteroatoms. The van der Waals surface area contributed by atoms with Gasteiger partial charge < -0.3 is 25.1 Å². The van der Waals surface area contributed by atoms with Gasteiger partial charge in [0.05, 0.1) is 40.1 Å². The van der Waals surface area contributed by atoms with Crippen molar-refractivity contribution >= 4 is 33.9 Å². The molecule has 1 saturated carbocycles. The molecule has 5 heterocycles. The molecule has 1 aliphatic carbocycles. The number of aryl methyl sites for hydroxylation is 1. The summed E-state index contributed by atoms with van der Waals surface area (Å²) in [5, 5.41) is 9.92. The second kappa shape index (κ2) is 12.1. The highest BCUT2D eigenvalue weighted by Gasteiger charge is 2.33. The fourth-order valence-corrected chi connectivity index (χ4v) is 6.95. The number of aromatic nitrogens is 4. The van der Waals surface area contributed by atoms with Crippen LogP contribution in [0.2, 0.25) is 0 Å². The van der Waals surface area contributed by atoms with Gasteiger partial charge in [0.1, 0.15) is 17.6 Å². The molecule has 2 bridgehead atoms. The number of nitrogens with one attached hydrogen (secondary N) is 3. The third-order valence-electron chi connectivity index (χ3n) is 9.98. The number of rotatable bonds is 4. The summed E-state index contributed by atoms with van der Waals surface area (Å²) < 4.78 is 34.4. The summed E-state index contributed by atoms with van der Waals surface area (Å²) in [4.78, 5) is 36.4. The number of hydrogen-bond donors (Lipinski definition) is 3. The van der Waals surface area contributed by atoms with Crippen LogP contribution in [0.25, 0.3) is 33.6 Å². The zero-order valence-corrected chi connectivity index (χ0v) is 26.8. The molecule has 0 spiro atoms. The minimum Gasteiger partial charge on any atom is -0.348 e. The fourth-order valence-electron chi connectivity index (χ4n) is 6.95. The molecule has 3 aromatic heterocycles. The average molecular weight is 632 g/mol. The molecular weight excluding hydrogens is 588 g/mol. The number of halogens is 2. The highest BCUT2D eigenvalue weighted by molar-refractivity contribution is 5.98. The van der Waals surface area contributed by atoms with Crippen molar-refractivity contribution < 1.29 is 18.4 Å². The van der Waals surface area contributed by atoms with Crippen LogP contribution in [0.1, 0.15) is 100 Å². The summed E-state index contributed by atoms with van der Waals surface area (Å²) in [6, 6.07) is 8.23. The van der Waals surface area contributed by atoms with Gasteiger partial charge in [0.25, 0.3) is 5.91 Å². The monoisotopic (exact) mass is 631 g/mol. The summed E-state index contributed by atoms with van der Waals surface area (Å²) in [6.07, 6.45) is 5.85. The molecule has 46 heavy (non-hydrogen) atoms. The maximum Gasteiger partial charge on any atom is 0.254 e. The lowest BCUT2D eigenvalue weighted by atomic mass is 9.85. The first-order valence-corrected chi connectivity index (χ1v) is 16.8. The quantitative estimate of drug-likeness (QED) is 0.252. The number of hydrogen-bond acceptors (Lipinski definition) is 5. The van der Waals surface area contributed by atoms with Crippen LogP contribution in [0, 0.1) is 11.2 Å². The van der Waals surface area contributed by atoms with Gasteiger partial charge in [0.2, 0.25) is 5.91 Å². The van der Waals surface area contributed by atoms with E-state index >= 15 is 4.39 Å². The molecular formula is C35H43F2N7O2. The van der Waals surface area contributed by atoms with Crippen LogP contribution < -0.4 is 16.0 Å². The molecule has 7 rings (SSSR count). The Balaban J connectivity index is 1.30. The number of carbonyl (C=O) groups is 2. The lowest BCUT2D eigenvalue weighted by Crippen LogP contribution is -2.52. The molecule has 0 radical (unpaired) electrons. The number of alkyl halides is 1. The zero-order chi connectivity index (χ0) is 32.2. The van der Waals surface area contributed by atoms with Crippen LogP contribution >= 0.6 is 0 Å². The third-order valence-corrected chi connectivity index (χ3v) is 9.98. The number of piperidine rings is 1. The normalized spacial score (nSPS) is 24.2. The molecule has 2 fully saturated rings. The van der Waals surface area contributed by atoms with E-state index in [1.54, 1.807) is 0 Å². The predicted molar refractivity (Wildman–Crippen MR) is 174 cm³/mol. The zero-order valence-electron chi connectivity index (χ0n) is 26.8. The SMILES string of the molecule is C[C@H]1NC(=O)C(C)(C)CCCCCCn2c(-c3nc4cc(C(=O)N[C@H]5CNCC[C@@H]5F)c(F)cc4n3C3CC3)cc3ccc1nc32. The fraction of sp³-hybridized carbons (Fsp3) is 0.543. The molecule has 244 valence electrons. The van der Waals surface area contributed by atoms with Gasteiger partial charge in [-0.2, -0.15) is 0 Å². The number of carbonyl (C=O) groups excluding carboxylic acids is 2. The van der Waals surface area contributed by atoms with E-state index in [9.17, 15) is 14.0 Å². The second-order valence-corrected chi connectivity index (χ2v) is 14.0. The van der Waals surface area contributed by atoms with Crippen LogP contribution in [0.3, 0.4) is 0 Å². The summed E-state index contributed by atoms with van der Waals surface area (Å²) in [7, 11) is 0. The molecule has 4 aromatic rings. The van der Waals surface area contributed by atoms with E-state index in [0.29, 0.717) is 30.5 Å². The maximum absolute atomic E-state index is 15.6. The molecule has 1 saturated heterocycles. The highest BCUT2D eigenvalue weighted by Crippen LogP contribution is 2.43. The minimum absolute atomic E-state index is 0.0355. The number of pyridine rings is 1. The van der Waals surface area contributed by atoms with Crippen LogP contribution in [-0.2, 0) is 11.3 Å². The minimum atomic E-state index is -1.18. The Kier molecular flexibility index (Phi) is 8.07. The van der Waals surface area contributed by atoms with Gasteiger partial charge in [-0.25, -0.2) is 18.7 Å². The summed E-state index contributed by atoms with van der Waals surface area (Å²) in [5.41, 5.74) is 3.10. The Hall–Kier alpha value is -3.86. The summed E-state index contributed by atoms with van der Waals surface area (Å²) in [6.45, 7) is 7.59. The molecule has 2 aliphatic heterocycles. The van der Waals surface area contributed by atoms with E-state index in [-0.39, 0.29) is 23.6 Å². The van der Waals surface area contributed by atoms with Crippen molar-refractivity contribution in [3.8, 4) is 11.5 Å². The van der Waals surface area contributed by atoms with Gasteiger partial charge >= 0.3 is 0 Å². The van der Waals surface area contributed by atoms with Gasteiger partial charge in [-0.15, -0.1) is 0 Å². The van der Waals surface area contributed by atoms with Crippen molar-refractivity contribution in [2.75, 3.05) is 13.1 Å². The number of imidazole rings is 1. The van der Waals surface area contributed by atoms with Gasteiger partial charge in [0, 0.05) is 36.0 Å². The van der Waals surface area contributed by atoms with Crippen LogP contribution in [-0.4, -0.2) is 56.2 Å². The largest absolute Gasteiger partial charge is 0.348 e. The van der Waals surface area contributed by atoms with E-state index in [1.165, 1.54) is 12.1 Å². The van der Waals surface area contributed by atoms with Crippen LogP contribution in [0.15, 0.2) is 30.3 Å². The lowest BCUT2D eigenvalue weighted by molar-refractivity contribution is -0.130. The molecule has 1 aromatic carbocycles. The molecule has 9 nitrogen and oxygen atoms in total. The molecule has 2 amide bonds. The molecule has 3 N–H and O–H groups in total. The van der Waals surface area contributed by atoms with Crippen molar-refractivity contribution in [1.29, 1.82) is 0 Å². The first-order valence-electron chi connectivity index (χ1n) is 16.8. The van der Waals surface area contributed by atoms with Crippen LogP contribution in [0.5, 0.6) is 0 Å². The van der Waals surface area contributed by atoms with Crippen LogP contribution in [0.4, 0.5) is 8.78 Å². The number of fused-ring (bicyclic) bond motifs is 2. The number of benzene rings is 1. The highest BCUT2D eigenvalue weighted by atomic mass is 19.1. The Morgan fingerprint density at radius 1 is 1.07 bits per heavy atom. The van der Waals surface area contributed by atoms with Crippen molar-refractivity contribution in [2.45, 2.75) is 103 Å². The topological polar surface area (TPSA) is 106 Å². The third kappa shape index (κ3) is 5.78. The average Bonchev–Trinajstić information content (AvgIpc) is 3.70. The Morgan fingerprint density at radius 3 is 2.65 bits per heavy atom. The van der Waals surface area contributed by atoms with E-state index in [0.717, 1.165) is 79.7 Å². The second-order valence-electron chi connectivity index (χ2n) is 14.0. The van der Waals surface area contributed by atoms with Gasteiger partial charge in [0.15, 0.2) is 5.82 Å². The molecule has 3 aliphatic rings. The van der Waals surface area contributed by atoms with E-state index in [4.69, 9.17) is 9.97 Å². The van der Waals surface area contributed by atoms with Gasteiger partial charge in [-0.1, -0.05) is 33.1 Å². The number of amides is 2. The van der Waals surface area contributed by atoms with Crippen molar-refractivity contribution in [1.82, 2.24) is 35.1 Å². The first-order chi connectivity index (χ1) is 22.1. The van der Waals surface area contributed by atoms with Crippen molar-refractivity contribution in [3.05, 3.63) is 47.4 Å². The molecule has 3 atom stereocenters. The maximum atomic E-state index is 15.6. The lowest BCUT2D eigenvalue weighted by Gasteiger charge is -2.27. The first kappa shape index (κ1) is 30.8. The summed E-state index contributed by atoms with van der Waals surface area (Å²) in [5.74, 6) is -0.529. The van der Waals surface area contributed by atoms with Crippen molar-refractivity contribution in [3.63, 3.8) is 0 Å². The van der Waals surface area contributed by atoms with E-state index < -0.39 is 29.4 Å². The van der Waals surface area contributed by atoms with Gasteiger partial charge in [-0.3, -0.25) is 9.59 Å². The standard InChI is InChI=1S/C35H43F2N7O2/c1-20-26-11-8-21-16-30(43(31(21)40-26)15-7-5-4-6-13-35(2,3)34(46)39-20)32-41-27-17-23(25(37)18-29(27)44(32)22-9-10-22)33(45)42-28-19-38-14-12-24(28)36/h8,11,16-18,20,22,24,28,38H,4-7,9-10,12-15,19H2,1-3H3,(H,39,46)(H,42,45)/t20-,24+,28+/m1/s1. The smallest absolute Gasteiger partial charge is 0.254 e. The molecule has 0 unspecified atom stereocenters. The summed E-state index contributed by atoms with van der Waals surface area (Å²) >= 11 is 0. The van der Waals surface area contributed by atoms with E-state index in [1.807, 2.05) is 32.9 Å². The predicted octanol–water partition coefficient (Wildman–Crippen LogP) is 6.12. The Labute approximate surface area is 267 Å².